The normalized spacial score (nSPS) is 13.4. The van der Waals surface area contributed by atoms with Crippen LogP contribution in [0.25, 0.3) is 0 Å². The molecule has 8 heteroatoms. The van der Waals surface area contributed by atoms with Crippen LogP contribution in [0.15, 0.2) is 53.4 Å². The van der Waals surface area contributed by atoms with Gasteiger partial charge in [-0.2, -0.15) is 13.5 Å². The van der Waals surface area contributed by atoms with Gasteiger partial charge in [0.2, 0.25) is 0 Å². The summed E-state index contributed by atoms with van der Waals surface area (Å²) in [6.45, 7) is 4.57. The molecule has 1 aliphatic rings. The Bertz CT molecular complexity index is 1180. The number of hydrogen-bond donors (Lipinski definition) is 2. The molecule has 2 N–H and O–H groups in total. The molecule has 0 fully saturated rings. The number of carbonyl (C=O) groups is 1. The van der Waals surface area contributed by atoms with Crippen molar-refractivity contribution in [2.45, 2.75) is 31.8 Å². The third-order valence-electron chi connectivity index (χ3n) is 4.77. The van der Waals surface area contributed by atoms with Crippen molar-refractivity contribution in [2.75, 3.05) is 5.32 Å². The molecule has 0 atom stereocenters. The fourth-order valence-electron chi connectivity index (χ4n) is 3.28. The van der Waals surface area contributed by atoms with Gasteiger partial charge in [0.15, 0.2) is 5.82 Å². The van der Waals surface area contributed by atoms with E-state index in [0.717, 1.165) is 15.2 Å². The molecule has 1 aliphatic heterocycles. The Kier molecular flexibility index (Phi) is 4.52. The average Bonchev–Trinajstić information content (AvgIpc) is 3.25. The minimum Gasteiger partial charge on any atom is -0.307 e. The lowest BCUT2D eigenvalue weighted by Crippen LogP contribution is -2.23. The molecule has 1 amide bonds. The van der Waals surface area contributed by atoms with Crippen LogP contribution in [0.5, 0.6) is 0 Å². The van der Waals surface area contributed by atoms with E-state index in [0.29, 0.717) is 29.9 Å². The summed E-state index contributed by atoms with van der Waals surface area (Å²) in [7, 11) is -3.94. The monoisotopic (exact) mass is 396 g/mol. The van der Waals surface area contributed by atoms with Gasteiger partial charge in [0, 0.05) is 24.2 Å². The van der Waals surface area contributed by atoms with Gasteiger partial charge in [-0.1, -0.05) is 30.3 Å². The number of aromatic nitrogens is 2. The van der Waals surface area contributed by atoms with E-state index in [1.807, 2.05) is 32.0 Å². The Labute approximate surface area is 163 Å². The highest BCUT2D eigenvalue weighted by Gasteiger charge is 2.30. The summed E-state index contributed by atoms with van der Waals surface area (Å²) >= 11 is 0. The predicted octanol–water partition coefficient (Wildman–Crippen LogP) is 2.59. The molecule has 4 rings (SSSR count). The van der Waals surface area contributed by atoms with E-state index in [4.69, 9.17) is 0 Å². The van der Waals surface area contributed by atoms with Gasteiger partial charge in [-0.15, -0.1) is 4.09 Å². The Hall–Kier alpha value is -2.97. The molecule has 2 aromatic carbocycles. The number of rotatable bonds is 4. The van der Waals surface area contributed by atoms with Crippen LogP contribution in [0, 0.1) is 13.8 Å². The number of hydrogen-bond acceptors (Lipinski definition) is 5. The first kappa shape index (κ1) is 18.4. The fraction of sp³-hybridized carbons (Fsp3) is 0.200. The first-order valence-corrected chi connectivity index (χ1v) is 10.3. The second-order valence-electron chi connectivity index (χ2n) is 6.81. The summed E-state index contributed by atoms with van der Waals surface area (Å²) in [6, 6.07) is 13.8. The van der Waals surface area contributed by atoms with E-state index in [1.165, 1.54) is 6.07 Å². The van der Waals surface area contributed by atoms with Gasteiger partial charge in [0.05, 0.1) is 10.6 Å². The lowest BCUT2D eigenvalue weighted by molar-refractivity contribution is 0.102. The molecule has 144 valence electrons. The Morgan fingerprint density at radius 3 is 2.64 bits per heavy atom. The minimum absolute atomic E-state index is 0.132. The van der Waals surface area contributed by atoms with Crippen molar-refractivity contribution in [2.24, 2.45) is 0 Å². The summed E-state index contributed by atoms with van der Waals surface area (Å²) in [5.41, 5.74) is 3.44. The Morgan fingerprint density at radius 2 is 1.89 bits per heavy atom. The van der Waals surface area contributed by atoms with Crippen LogP contribution in [0.1, 0.15) is 32.7 Å². The van der Waals surface area contributed by atoms with Gasteiger partial charge in [-0.25, -0.2) is 0 Å². The molecule has 0 unspecified atom stereocenters. The number of nitrogens with one attached hydrogen (secondary N) is 2. The molecule has 28 heavy (non-hydrogen) atoms. The molecule has 0 radical (unpaired) electrons. The van der Waals surface area contributed by atoms with Gasteiger partial charge < -0.3 is 10.6 Å². The number of aryl methyl sites for hydroxylation is 2. The highest BCUT2D eigenvalue weighted by Crippen LogP contribution is 2.29. The molecule has 0 spiro atoms. The highest BCUT2D eigenvalue weighted by atomic mass is 32.2. The summed E-state index contributed by atoms with van der Waals surface area (Å²) in [4.78, 5) is 13.0. The SMILES string of the molecule is Cc1cccc(S(=O)(=O)n2nc3c(c2NC(=O)c2ccccc2C)CNC3)c1. The fourth-order valence-corrected chi connectivity index (χ4v) is 4.67. The molecule has 0 saturated carbocycles. The van der Waals surface area contributed by atoms with E-state index in [1.54, 1.807) is 24.3 Å². The van der Waals surface area contributed by atoms with E-state index < -0.39 is 10.0 Å². The van der Waals surface area contributed by atoms with Crippen molar-refractivity contribution in [1.29, 1.82) is 0 Å². The maximum Gasteiger partial charge on any atom is 0.284 e. The van der Waals surface area contributed by atoms with Crippen molar-refractivity contribution in [3.05, 3.63) is 76.5 Å². The quantitative estimate of drug-likeness (QED) is 0.707. The first-order chi connectivity index (χ1) is 13.4. The zero-order valence-electron chi connectivity index (χ0n) is 15.6. The highest BCUT2D eigenvalue weighted by molar-refractivity contribution is 7.90. The number of fused-ring (bicyclic) bond motifs is 1. The van der Waals surface area contributed by atoms with Gasteiger partial charge >= 0.3 is 0 Å². The average molecular weight is 396 g/mol. The smallest absolute Gasteiger partial charge is 0.284 e. The zero-order chi connectivity index (χ0) is 19.9. The van der Waals surface area contributed by atoms with Crippen molar-refractivity contribution in [3.8, 4) is 0 Å². The first-order valence-electron chi connectivity index (χ1n) is 8.88. The second-order valence-corrected chi connectivity index (χ2v) is 8.58. The van der Waals surface area contributed by atoms with Crippen LogP contribution in [-0.2, 0) is 23.1 Å². The minimum atomic E-state index is -3.94. The maximum absolute atomic E-state index is 13.2. The number of anilines is 1. The molecule has 3 aromatic rings. The van der Waals surface area contributed by atoms with Crippen molar-refractivity contribution in [3.63, 3.8) is 0 Å². The van der Waals surface area contributed by atoms with Crippen LogP contribution in [-0.4, -0.2) is 23.5 Å². The van der Waals surface area contributed by atoms with E-state index in [-0.39, 0.29) is 16.6 Å². The standard InChI is InChI=1S/C20H20N4O3S/c1-13-6-5-8-15(10-13)28(26,27)24-19(17-11-21-12-18(17)23-24)22-20(25)16-9-4-3-7-14(16)2/h3-10,21H,11-12H2,1-2H3,(H,22,25). The lowest BCUT2D eigenvalue weighted by atomic mass is 10.1. The maximum atomic E-state index is 13.2. The summed E-state index contributed by atoms with van der Waals surface area (Å²) in [5.74, 6) is -0.178. The van der Waals surface area contributed by atoms with Gasteiger partial charge in [-0.3, -0.25) is 4.79 Å². The number of nitrogens with zero attached hydrogens (tertiary/aromatic N) is 2. The molecule has 1 aromatic heterocycles. The third-order valence-corrected chi connectivity index (χ3v) is 6.34. The van der Waals surface area contributed by atoms with Gasteiger partial charge in [0.1, 0.15) is 0 Å². The molecule has 2 heterocycles. The summed E-state index contributed by atoms with van der Waals surface area (Å²) in [6.07, 6.45) is 0. The van der Waals surface area contributed by atoms with Crippen LogP contribution in [0.4, 0.5) is 5.82 Å². The Morgan fingerprint density at radius 1 is 1.11 bits per heavy atom. The topological polar surface area (TPSA) is 93.1 Å². The van der Waals surface area contributed by atoms with Crippen LogP contribution < -0.4 is 10.6 Å². The lowest BCUT2D eigenvalue weighted by Gasteiger charge is -2.13. The second kappa shape index (κ2) is 6.88. The van der Waals surface area contributed by atoms with E-state index >= 15 is 0 Å². The van der Waals surface area contributed by atoms with Crippen LogP contribution >= 0.6 is 0 Å². The predicted molar refractivity (Wildman–Crippen MR) is 106 cm³/mol. The number of benzene rings is 2. The van der Waals surface area contributed by atoms with Crippen molar-refractivity contribution >= 4 is 21.7 Å². The Balaban J connectivity index is 1.80. The van der Waals surface area contributed by atoms with Crippen LogP contribution in [0.2, 0.25) is 0 Å². The molecular weight excluding hydrogens is 376 g/mol. The molecule has 0 aliphatic carbocycles. The van der Waals surface area contributed by atoms with Crippen molar-refractivity contribution < 1.29 is 13.2 Å². The van der Waals surface area contributed by atoms with E-state index in [9.17, 15) is 13.2 Å². The third kappa shape index (κ3) is 3.10. The van der Waals surface area contributed by atoms with Crippen molar-refractivity contribution in [1.82, 2.24) is 14.5 Å². The van der Waals surface area contributed by atoms with E-state index in [2.05, 4.69) is 15.7 Å². The summed E-state index contributed by atoms with van der Waals surface area (Å²) < 4.78 is 27.4. The summed E-state index contributed by atoms with van der Waals surface area (Å²) in [5, 5.41) is 10.2. The molecule has 0 bridgehead atoms. The molecular formula is C20H20N4O3S. The number of carbonyl (C=O) groups excluding carboxylic acids is 1. The van der Waals surface area contributed by atoms with Gasteiger partial charge in [0.25, 0.3) is 15.9 Å². The zero-order valence-corrected chi connectivity index (χ0v) is 16.4. The molecule has 0 saturated heterocycles. The molecule has 7 nitrogen and oxygen atoms in total. The van der Waals surface area contributed by atoms with Gasteiger partial charge in [-0.05, 0) is 43.2 Å². The largest absolute Gasteiger partial charge is 0.307 e. The number of amides is 1. The van der Waals surface area contributed by atoms with Crippen LogP contribution in [0.3, 0.4) is 0 Å².